The van der Waals surface area contributed by atoms with Gasteiger partial charge in [-0.05, 0) is 38.7 Å². The molecule has 1 saturated carbocycles. The topological polar surface area (TPSA) is 132 Å². The first-order valence-corrected chi connectivity index (χ1v) is 9.30. The van der Waals surface area contributed by atoms with Gasteiger partial charge in [0.15, 0.2) is 11.4 Å². The normalized spacial score (nSPS) is 20.4. The first-order chi connectivity index (χ1) is 13.4. The van der Waals surface area contributed by atoms with Crippen molar-refractivity contribution in [3.63, 3.8) is 0 Å². The van der Waals surface area contributed by atoms with Gasteiger partial charge in [-0.15, -0.1) is 0 Å². The summed E-state index contributed by atoms with van der Waals surface area (Å²) >= 11 is 0. The maximum Gasteiger partial charge on any atom is 0.271 e. The minimum Gasteiger partial charge on any atom is -0.483 e. The fourth-order valence-electron chi connectivity index (χ4n) is 3.62. The molecular weight excluding hydrogens is 362 g/mol. The SMILES string of the molecule is CNC(=O)c1c(OC(C)c2ccnnc2)cc(C(N)=O)n1C1CCC(O)CC1. The summed E-state index contributed by atoms with van der Waals surface area (Å²) in [7, 11) is 1.52. The minimum absolute atomic E-state index is 0.117. The number of nitrogens with zero attached hydrogens (tertiary/aromatic N) is 3. The Labute approximate surface area is 162 Å². The minimum atomic E-state index is -0.635. The summed E-state index contributed by atoms with van der Waals surface area (Å²) < 4.78 is 7.70. The maximum atomic E-state index is 12.7. The van der Waals surface area contributed by atoms with Crippen LogP contribution in [0.25, 0.3) is 0 Å². The van der Waals surface area contributed by atoms with E-state index in [1.54, 1.807) is 23.0 Å². The molecule has 1 unspecified atom stereocenters. The van der Waals surface area contributed by atoms with E-state index >= 15 is 0 Å². The molecule has 2 aromatic heterocycles. The first-order valence-electron chi connectivity index (χ1n) is 9.30. The second-order valence-electron chi connectivity index (χ2n) is 6.95. The zero-order valence-electron chi connectivity index (χ0n) is 16.0. The van der Waals surface area contributed by atoms with Gasteiger partial charge in [0, 0.05) is 30.9 Å². The van der Waals surface area contributed by atoms with Gasteiger partial charge in [0.1, 0.15) is 11.8 Å². The van der Waals surface area contributed by atoms with Crippen LogP contribution in [0.1, 0.15) is 71.3 Å². The second kappa shape index (κ2) is 8.39. The van der Waals surface area contributed by atoms with Crippen LogP contribution in [0.3, 0.4) is 0 Å². The Balaban J connectivity index is 2.03. The summed E-state index contributed by atoms with van der Waals surface area (Å²) in [6.07, 6.45) is 4.85. The highest BCUT2D eigenvalue weighted by molar-refractivity contribution is 6.00. The maximum absolute atomic E-state index is 12.7. The predicted molar refractivity (Wildman–Crippen MR) is 101 cm³/mol. The van der Waals surface area contributed by atoms with Crippen LogP contribution in [0.4, 0.5) is 0 Å². The van der Waals surface area contributed by atoms with E-state index in [-0.39, 0.29) is 35.2 Å². The zero-order valence-corrected chi connectivity index (χ0v) is 16.0. The second-order valence-corrected chi connectivity index (χ2v) is 6.95. The lowest BCUT2D eigenvalue weighted by molar-refractivity contribution is 0.0918. The summed E-state index contributed by atoms with van der Waals surface area (Å²) in [4.78, 5) is 24.8. The molecule has 0 aromatic carbocycles. The number of nitrogens with one attached hydrogen (secondary N) is 1. The molecule has 28 heavy (non-hydrogen) atoms. The lowest BCUT2D eigenvalue weighted by atomic mass is 9.92. The van der Waals surface area contributed by atoms with Gasteiger partial charge in [-0.3, -0.25) is 9.59 Å². The summed E-state index contributed by atoms with van der Waals surface area (Å²) in [6, 6.07) is 3.17. The Kier molecular flexibility index (Phi) is 5.93. The quantitative estimate of drug-likeness (QED) is 0.685. The molecule has 3 rings (SSSR count). The molecule has 0 aliphatic heterocycles. The number of aliphatic hydroxyl groups is 1. The number of hydrogen-bond acceptors (Lipinski definition) is 6. The standard InChI is InChI=1S/C19H25N5O4/c1-11(12-7-8-22-23-10-12)28-16-9-15(18(20)26)24(17(16)19(27)21-2)13-3-5-14(25)6-4-13/h7-11,13-14,25H,3-6H2,1-2H3,(H2,20,26)(H,21,27). The van der Waals surface area contributed by atoms with Gasteiger partial charge in [-0.2, -0.15) is 10.2 Å². The number of rotatable bonds is 6. The van der Waals surface area contributed by atoms with Crippen molar-refractivity contribution in [1.29, 1.82) is 0 Å². The number of primary amides is 1. The number of aromatic nitrogens is 3. The molecule has 1 fully saturated rings. The third-order valence-corrected chi connectivity index (χ3v) is 5.11. The number of nitrogens with two attached hydrogens (primary N) is 1. The van der Waals surface area contributed by atoms with Gasteiger partial charge in [0.2, 0.25) is 0 Å². The van der Waals surface area contributed by atoms with Crippen LogP contribution in [-0.4, -0.2) is 44.8 Å². The van der Waals surface area contributed by atoms with Crippen LogP contribution in [0, 0.1) is 0 Å². The van der Waals surface area contributed by atoms with E-state index in [4.69, 9.17) is 10.5 Å². The van der Waals surface area contributed by atoms with E-state index in [1.807, 2.05) is 6.92 Å². The molecule has 2 amide bonds. The van der Waals surface area contributed by atoms with E-state index in [1.165, 1.54) is 13.1 Å². The number of amides is 2. The third-order valence-electron chi connectivity index (χ3n) is 5.11. The number of aliphatic hydroxyl groups excluding tert-OH is 1. The van der Waals surface area contributed by atoms with Gasteiger partial charge < -0.3 is 25.5 Å². The van der Waals surface area contributed by atoms with E-state index in [0.717, 1.165) is 5.56 Å². The summed E-state index contributed by atoms with van der Waals surface area (Å²) in [5.41, 5.74) is 6.86. The Morgan fingerprint density at radius 2 is 2.04 bits per heavy atom. The van der Waals surface area contributed by atoms with E-state index in [9.17, 15) is 14.7 Å². The van der Waals surface area contributed by atoms with Crippen molar-refractivity contribution in [3.8, 4) is 5.75 Å². The molecule has 0 bridgehead atoms. The summed E-state index contributed by atoms with van der Waals surface area (Å²) in [6.45, 7) is 1.82. The average Bonchev–Trinajstić information content (AvgIpc) is 3.08. The number of hydrogen-bond donors (Lipinski definition) is 3. The Morgan fingerprint density at radius 3 is 2.61 bits per heavy atom. The summed E-state index contributed by atoms with van der Waals surface area (Å²) in [5, 5.41) is 20.0. The Morgan fingerprint density at radius 1 is 1.32 bits per heavy atom. The van der Waals surface area contributed by atoms with Gasteiger partial charge in [0.05, 0.1) is 12.3 Å². The molecule has 1 aliphatic carbocycles. The average molecular weight is 387 g/mol. The van der Waals surface area contributed by atoms with E-state index < -0.39 is 12.0 Å². The lowest BCUT2D eigenvalue weighted by Crippen LogP contribution is -2.30. The molecule has 4 N–H and O–H groups in total. The van der Waals surface area contributed by atoms with Crippen LogP contribution < -0.4 is 15.8 Å². The van der Waals surface area contributed by atoms with Gasteiger partial charge in [0.25, 0.3) is 11.8 Å². The molecule has 0 radical (unpaired) electrons. The van der Waals surface area contributed by atoms with Crippen LogP contribution in [0.5, 0.6) is 5.75 Å². The zero-order chi connectivity index (χ0) is 20.3. The van der Waals surface area contributed by atoms with Crippen molar-refractivity contribution in [2.24, 2.45) is 5.73 Å². The van der Waals surface area contributed by atoms with Crippen molar-refractivity contribution in [2.45, 2.75) is 50.9 Å². The third kappa shape index (κ3) is 3.99. The van der Waals surface area contributed by atoms with Crippen LogP contribution in [0.15, 0.2) is 24.5 Å². The largest absolute Gasteiger partial charge is 0.483 e. The Bertz CT molecular complexity index is 844. The number of carbonyl (C=O) groups is 2. The fourth-order valence-corrected chi connectivity index (χ4v) is 3.62. The molecule has 0 saturated heterocycles. The molecular formula is C19H25N5O4. The predicted octanol–water partition coefficient (Wildman–Crippen LogP) is 1.35. The molecule has 2 heterocycles. The highest BCUT2D eigenvalue weighted by Gasteiger charge is 2.31. The van der Waals surface area contributed by atoms with E-state index in [0.29, 0.717) is 25.7 Å². The highest BCUT2D eigenvalue weighted by Crippen LogP contribution is 2.36. The Hall–Kier alpha value is -2.94. The van der Waals surface area contributed by atoms with Crippen molar-refractivity contribution < 1.29 is 19.4 Å². The number of carbonyl (C=O) groups excluding carboxylic acids is 2. The molecule has 0 spiro atoms. The van der Waals surface area contributed by atoms with Gasteiger partial charge in [-0.1, -0.05) is 0 Å². The van der Waals surface area contributed by atoms with Crippen LogP contribution in [-0.2, 0) is 0 Å². The lowest BCUT2D eigenvalue weighted by Gasteiger charge is -2.29. The fraction of sp³-hybridized carbons (Fsp3) is 0.474. The van der Waals surface area contributed by atoms with Crippen molar-refractivity contribution in [1.82, 2.24) is 20.1 Å². The molecule has 9 heteroatoms. The molecule has 1 atom stereocenters. The van der Waals surface area contributed by atoms with Crippen molar-refractivity contribution >= 4 is 11.8 Å². The molecule has 2 aromatic rings. The monoisotopic (exact) mass is 387 g/mol. The molecule has 1 aliphatic rings. The smallest absolute Gasteiger partial charge is 0.271 e. The van der Waals surface area contributed by atoms with Crippen LogP contribution >= 0.6 is 0 Å². The van der Waals surface area contributed by atoms with Crippen molar-refractivity contribution in [2.75, 3.05) is 7.05 Å². The van der Waals surface area contributed by atoms with Crippen molar-refractivity contribution in [3.05, 3.63) is 41.5 Å². The first kappa shape index (κ1) is 19.8. The molecule has 150 valence electrons. The van der Waals surface area contributed by atoms with Crippen LogP contribution in [0.2, 0.25) is 0 Å². The number of ether oxygens (including phenoxy) is 1. The molecule has 9 nitrogen and oxygen atoms in total. The van der Waals surface area contributed by atoms with Gasteiger partial charge in [-0.25, -0.2) is 0 Å². The highest BCUT2D eigenvalue weighted by atomic mass is 16.5. The van der Waals surface area contributed by atoms with E-state index in [2.05, 4.69) is 15.5 Å². The van der Waals surface area contributed by atoms with Gasteiger partial charge >= 0.3 is 0 Å². The summed E-state index contributed by atoms with van der Waals surface area (Å²) in [5.74, 6) is -0.721.